The summed E-state index contributed by atoms with van der Waals surface area (Å²) in [7, 11) is 0. The van der Waals surface area contributed by atoms with Gasteiger partial charge in [-0.05, 0) is 31.7 Å². The van der Waals surface area contributed by atoms with Gasteiger partial charge in [-0.1, -0.05) is 19.3 Å². The number of hydrogen-bond donors (Lipinski definition) is 1. The second-order valence-electron chi connectivity index (χ2n) is 5.28. The molecule has 2 fully saturated rings. The van der Waals surface area contributed by atoms with Crippen LogP contribution >= 0.6 is 0 Å². The van der Waals surface area contributed by atoms with Crippen molar-refractivity contribution in [1.29, 1.82) is 0 Å². The molecule has 3 nitrogen and oxygen atoms in total. The van der Waals surface area contributed by atoms with Crippen molar-refractivity contribution in [3.05, 3.63) is 17.5 Å². The molecule has 0 aliphatic heterocycles. The molecule has 2 aliphatic rings. The van der Waals surface area contributed by atoms with E-state index in [1.807, 2.05) is 0 Å². The predicted octanol–water partition coefficient (Wildman–Crippen LogP) is 2.72. The van der Waals surface area contributed by atoms with Crippen molar-refractivity contribution in [3.8, 4) is 0 Å². The molecule has 1 heterocycles. The molecule has 2 saturated carbocycles. The Morgan fingerprint density at radius 2 is 1.94 bits per heavy atom. The quantitative estimate of drug-likeness (QED) is 0.849. The maximum Gasteiger partial charge on any atom is 0.0763 e. The molecule has 3 heteroatoms. The van der Waals surface area contributed by atoms with Gasteiger partial charge in [-0.25, -0.2) is 0 Å². The molecular formula is C13H21N3. The Balaban J connectivity index is 1.87. The van der Waals surface area contributed by atoms with Crippen LogP contribution < -0.4 is 5.73 Å². The van der Waals surface area contributed by atoms with Crippen LogP contribution in [-0.2, 0) is 6.54 Å². The lowest BCUT2D eigenvalue weighted by molar-refractivity contribution is 0.415. The molecule has 2 N–H and O–H groups in total. The van der Waals surface area contributed by atoms with Crippen LogP contribution in [0.2, 0.25) is 0 Å². The second kappa shape index (κ2) is 4.21. The summed E-state index contributed by atoms with van der Waals surface area (Å²) in [4.78, 5) is 0. The lowest BCUT2D eigenvalue weighted by atomic mass is 9.87. The van der Waals surface area contributed by atoms with E-state index in [0.29, 0.717) is 12.6 Å². The summed E-state index contributed by atoms with van der Waals surface area (Å²) in [6.07, 6.45) is 9.51. The minimum absolute atomic E-state index is 0.583. The van der Waals surface area contributed by atoms with Gasteiger partial charge < -0.3 is 5.73 Å². The minimum atomic E-state index is 0.583. The molecule has 16 heavy (non-hydrogen) atoms. The fraction of sp³-hybridized carbons (Fsp3) is 0.769. The van der Waals surface area contributed by atoms with Gasteiger partial charge in [0.2, 0.25) is 0 Å². The summed E-state index contributed by atoms with van der Waals surface area (Å²) in [5, 5.41) is 4.66. The molecule has 0 amide bonds. The molecule has 0 bridgehead atoms. The largest absolute Gasteiger partial charge is 0.325 e. The highest BCUT2D eigenvalue weighted by atomic mass is 15.3. The Morgan fingerprint density at radius 1 is 1.19 bits per heavy atom. The van der Waals surface area contributed by atoms with E-state index in [0.717, 1.165) is 11.6 Å². The van der Waals surface area contributed by atoms with Crippen LogP contribution in [0.4, 0.5) is 0 Å². The first-order valence-electron chi connectivity index (χ1n) is 6.67. The molecule has 0 radical (unpaired) electrons. The van der Waals surface area contributed by atoms with Crippen molar-refractivity contribution in [2.75, 3.05) is 0 Å². The number of nitrogens with zero attached hydrogens (tertiary/aromatic N) is 2. The van der Waals surface area contributed by atoms with Crippen LogP contribution in [-0.4, -0.2) is 9.78 Å². The van der Waals surface area contributed by atoms with Gasteiger partial charge >= 0.3 is 0 Å². The summed E-state index contributed by atoms with van der Waals surface area (Å²) >= 11 is 0. The lowest BCUT2D eigenvalue weighted by Crippen LogP contribution is -2.11. The van der Waals surface area contributed by atoms with Gasteiger partial charge in [0.05, 0.1) is 11.7 Å². The minimum Gasteiger partial charge on any atom is -0.325 e. The number of aromatic nitrogens is 2. The predicted molar refractivity (Wildman–Crippen MR) is 64.2 cm³/mol. The standard InChI is InChI=1S/C13H21N3/c14-9-11-8-13(10-4-2-1-3-5-10)16(15-11)12-6-7-12/h8,10,12H,1-7,9,14H2. The number of nitrogens with two attached hydrogens (primary N) is 1. The van der Waals surface area contributed by atoms with Crippen LogP contribution in [0.5, 0.6) is 0 Å². The van der Waals surface area contributed by atoms with Crippen molar-refractivity contribution in [2.24, 2.45) is 5.73 Å². The van der Waals surface area contributed by atoms with Gasteiger partial charge in [0, 0.05) is 18.2 Å². The average Bonchev–Trinajstić information content (AvgIpc) is 3.10. The Bertz CT molecular complexity index is 359. The van der Waals surface area contributed by atoms with Crippen molar-refractivity contribution < 1.29 is 0 Å². The van der Waals surface area contributed by atoms with Crippen LogP contribution in [0.3, 0.4) is 0 Å². The summed E-state index contributed by atoms with van der Waals surface area (Å²) in [5.41, 5.74) is 8.26. The summed E-state index contributed by atoms with van der Waals surface area (Å²) in [5.74, 6) is 0.752. The summed E-state index contributed by atoms with van der Waals surface area (Å²) in [6.45, 7) is 0.583. The van der Waals surface area contributed by atoms with Gasteiger partial charge in [-0.2, -0.15) is 5.10 Å². The third-order valence-corrected chi connectivity index (χ3v) is 3.94. The first kappa shape index (κ1) is 10.3. The molecule has 0 unspecified atom stereocenters. The Hall–Kier alpha value is -0.830. The van der Waals surface area contributed by atoms with E-state index in [1.54, 1.807) is 0 Å². The van der Waals surface area contributed by atoms with Crippen molar-refractivity contribution in [1.82, 2.24) is 9.78 Å². The molecule has 1 aromatic heterocycles. The van der Waals surface area contributed by atoms with Crippen molar-refractivity contribution in [3.63, 3.8) is 0 Å². The molecule has 2 aliphatic carbocycles. The normalized spacial score (nSPS) is 22.6. The SMILES string of the molecule is NCc1cc(C2CCCCC2)n(C2CC2)n1. The fourth-order valence-corrected chi connectivity index (χ4v) is 2.88. The van der Waals surface area contributed by atoms with Gasteiger partial charge in [-0.3, -0.25) is 4.68 Å². The molecule has 1 aromatic rings. The van der Waals surface area contributed by atoms with Crippen LogP contribution in [0.1, 0.15) is 68.3 Å². The Morgan fingerprint density at radius 3 is 2.56 bits per heavy atom. The number of hydrogen-bond acceptors (Lipinski definition) is 2. The molecule has 3 rings (SSSR count). The van der Waals surface area contributed by atoms with Crippen molar-refractivity contribution >= 4 is 0 Å². The molecule has 0 spiro atoms. The molecule has 88 valence electrons. The first-order chi connectivity index (χ1) is 7.88. The smallest absolute Gasteiger partial charge is 0.0763 e. The second-order valence-corrected chi connectivity index (χ2v) is 5.28. The van der Waals surface area contributed by atoms with Gasteiger partial charge in [0.25, 0.3) is 0 Å². The first-order valence-corrected chi connectivity index (χ1v) is 6.67. The molecule has 0 saturated heterocycles. The number of rotatable bonds is 3. The van der Waals surface area contributed by atoms with Crippen LogP contribution in [0, 0.1) is 0 Å². The van der Waals surface area contributed by atoms with E-state index < -0.39 is 0 Å². The molecular weight excluding hydrogens is 198 g/mol. The maximum atomic E-state index is 5.71. The Labute approximate surface area is 97.0 Å². The molecule has 0 aromatic carbocycles. The average molecular weight is 219 g/mol. The Kier molecular flexibility index (Phi) is 2.72. The zero-order chi connectivity index (χ0) is 11.0. The van der Waals surface area contributed by atoms with Crippen LogP contribution in [0.25, 0.3) is 0 Å². The van der Waals surface area contributed by atoms with E-state index in [9.17, 15) is 0 Å². The topological polar surface area (TPSA) is 43.8 Å². The highest BCUT2D eigenvalue weighted by Gasteiger charge is 2.30. The summed E-state index contributed by atoms with van der Waals surface area (Å²) in [6, 6.07) is 2.95. The summed E-state index contributed by atoms with van der Waals surface area (Å²) < 4.78 is 2.29. The van der Waals surface area contributed by atoms with Crippen molar-refractivity contribution in [2.45, 2.75) is 63.5 Å². The highest BCUT2D eigenvalue weighted by Crippen LogP contribution is 2.40. The molecule has 0 atom stereocenters. The third-order valence-electron chi connectivity index (χ3n) is 3.94. The van der Waals surface area contributed by atoms with E-state index in [4.69, 9.17) is 5.73 Å². The van der Waals surface area contributed by atoms with E-state index in [1.165, 1.54) is 50.6 Å². The van der Waals surface area contributed by atoms with E-state index in [2.05, 4.69) is 15.8 Å². The van der Waals surface area contributed by atoms with E-state index >= 15 is 0 Å². The zero-order valence-corrected chi connectivity index (χ0v) is 9.86. The van der Waals surface area contributed by atoms with Gasteiger partial charge in [-0.15, -0.1) is 0 Å². The third kappa shape index (κ3) is 1.88. The van der Waals surface area contributed by atoms with Gasteiger partial charge in [0.15, 0.2) is 0 Å². The highest BCUT2D eigenvalue weighted by molar-refractivity contribution is 5.17. The van der Waals surface area contributed by atoms with Gasteiger partial charge in [0.1, 0.15) is 0 Å². The monoisotopic (exact) mass is 219 g/mol. The zero-order valence-electron chi connectivity index (χ0n) is 9.86. The van der Waals surface area contributed by atoms with E-state index in [-0.39, 0.29) is 0 Å². The fourth-order valence-electron chi connectivity index (χ4n) is 2.88. The maximum absolute atomic E-state index is 5.71. The van der Waals surface area contributed by atoms with Crippen LogP contribution in [0.15, 0.2) is 6.07 Å². The lowest BCUT2D eigenvalue weighted by Gasteiger charge is -2.22.